The van der Waals surface area contributed by atoms with E-state index in [0.29, 0.717) is 0 Å². The number of H-pyrrole nitrogens is 1. The molecule has 5 nitrogen and oxygen atoms in total. The lowest BCUT2D eigenvalue weighted by Crippen LogP contribution is -2.17. The fourth-order valence-corrected chi connectivity index (χ4v) is 4.23. The van der Waals surface area contributed by atoms with Crippen molar-refractivity contribution in [3.05, 3.63) is 53.4 Å². The number of imidazole rings is 1. The maximum Gasteiger partial charge on any atom is 0.116 e. The lowest BCUT2D eigenvalue weighted by atomic mass is 10.1. The van der Waals surface area contributed by atoms with Crippen LogP contribution in [0.2, 0.25) is 5.02 Å². The number of benzene rings is 2. The molecule has 27 heavy (non-hydrogen) atoms. The van der Waals surface area contributed by atoms with E-state index in [0.717, 1.165) is 62.8 Å². The second-order valence-corrected chi connectivity index (χ2v) is 7.49. The highest BCUT2D eigenvalue weighted by atomic mass is 35.5. The number of halogens is 1. The Hall–Kier alpha value is -2.79. The van der Waals surface area contributed by atoms with Crippen LogP contribution in [0, 0.1) is 6.92 Å². The molecule has 0 atom stereocenters. The number of rotatable bonds is 3. The second-order valence-electron chi connectivity index (χ2n) is 7.08. The van der Waals surface area contributed by atoms with Crippen molar-refractivity contribution in [1.29, 1.82) is 0 Å². The molecule has 0 amide bonds. The van der Waals surface area contributed by atoms with Gasteiger partial charge in [0.25, 0.3) is 0 Å². The van der Waals surface area contributed by atoms with Crippen molar-refractivity contribution in [3.8, 4) is 0 Å². The molecule has 4 aromatic rings. The summed E-state index contributed by atoms with van der Waals surface area (Å²) in [5.41, 5.74) is 6.97. The van der Waals surface area contributed by atoms with Gasteiger partial charge in [0.15, 0.2) is 0 Å². The van der Waals surface area contributed by atoms with Gasteiger partial charge in [-0.2, -0.15) is 0 Å². The zero-order chi connectivity index (χ0) is 18.4. The summed E-state index contributed by atoms with van der Waals surface area (Å²) in [5.74, 6) is 0. The first-order valence-corrected chi connectivity index (χ1v) is 9.61. The van der Waals surface area contributed by atoms with Crippen molar-refractivity contribution in [2.75, 3.05) is 23.3 Å². The van der Waals surface area contributed by atoms with E-state index in [9.17, 15) is 0 Å². The Morgan fingerprint density at radius 1 is 1.07 bits per heavy atom. The lowest BCUT2D eigenvalue weighted by Gasteiger charge is -2.20. The van der Waals surface area contributed by atoms with Crippen molar-refractivity contribution < 1.29 is 0 Å². The Balaban J connectivity index is 1.58. The van der Waals surface area contributed by atoms with Gasteiger partial charge in [0, 0.05) is 35.4 Å². The monoisotopic (exact) mass is 377 g/mol. The number of anilines is 3. The highest BCUT2D eigenvalue weighted by Crippen LogP contribution is 2.35. The van der Waals surface area contributed by atoms with Gasteiger partial charge >= 0.3 is 0 Å². The number of fused-ring (bicyclic) bond motifs is 3. The Labute approximate surface area is 162 Å². The average molecular weight is 378 g/mol. The molecule has 1 aliphatic heterocycles. The SMILES string of the molecule is Cc1cc(Nc2ccc(N3CCCC3)c(Cl)c2)c2c(ccc3ncnc32)[nH]1. The summed E-state index contributed by atoms with van der Waals surface area (Å²) in [4.78, 5) is 14.6. The topological polar surface area (TPSA) is 56.8 Å². The van der Waals surface area contributed by atoms with Crippen LogP contribution in [0.5, 0.6) is 0 Å². The highest BCUT2D eigenvalue weighted by Gasteiger charge is 2.16. The van der Waals surface area contributed by atoms with Gasteiger partial charge in [0.2, 0.25) is 0 Å². The van der Waals surface area contributed by atoms with Crippen LogP contribution in [-0.4, -0.2) is 28.0 Å². The summed E-state index contributed by atoms with van der Waals surface area (Å²) in [6.07, 6.45) is 4.08. The van der Waals surface area contributed by atoms with Gasteiger partial charge in [-0.15, -0.1) is 0 Å². The van der Waals surface area contributed by atoms with Crippen LogP contribution in [0.4, 0.5) is 17.1 Å². The van der Waals surface area contributed by atoms with E-state index in [4.69, 9.17) is 11.6 Å². The third kappa shape index (κ3) is 2.88. The summed E-state index contributed by atoms with van der Waals surface area (Å²) in [7, 11) is 0. The fraction of sp³-hybridized carbons (Fsp3) is 0.238. The maximum absolute atomic E-state index is 6.59. The van der Waals surface area contributed by atoms with E-state index in [1.807, 2.05) is 18.2 Å². The van der Waals surface area contributed by atoms with Crippen molar-refractivity contribution in [2.45, 2.75) is 19.8 Å². The Bertz CT molecular complexity index is 1140. The fourth-order valence-electron chi connectivity index (χ4n) is 3.93. The summed E-state index contributed by atoms with van der Waals surface area (Å²) in [6, 6.07) is 12.3. The van der Waals surface area contributed by atoms with Gasteiger partial charge < -0.3 is 15.2 Å². The van der Waals surface area contributed by atoms with E-state index in [-0.39, 0.29) is 0 Å². The van der Waals surface area contributed by atoms with Gasteiger partial charge in [-0.3, -0.25) is 0 Å². The molecule has 3 heterocycles. The number of aromatic nitrogens is 3. The van der Waals surface area contributed by atoms with Gasteiger partial charge in [0.1, 0.15) is 11.8 Å². The number of hydrogen-bond acceptors (Lipinski definition) is 4. The molecule has 0 aliphatic carbocycles. The van der Waals surface area contributed by atoms with Crippen LogP contribution in [0.1, 0.15) is 18.5 Å². The van der Waals surface area contributed by atoms with E-state index >= 15 is 0 Å². The molecule has 2 aromatic heterocycles. The Kier molecular flexibility index (Phi) is 3.90. The largest absolute Gasteiger partial charge is 0.370 e. The van der Waals surface area contributed by atoms with Crippen LogP contribution in [0.3, 0.4) is 0 Å². The van der Waals surface area contributed by atoms with Crippen LogP contribution >= 0.6 is 11.6 Å². The zero-order valence-electron chi connectivity index (χ0n) is 15.1. The number of pyridine rings is 1. The molecule has 0 saturated carbocycles. The second kappa shape index (κ2) is 6.43. The van der Waals surface area contributed by atoms with Crippen molar-refractivity contribution in [2.24, 2.45) is 0 Å². The first-order valence-electron chi connectivity index (χ1n) is 9.23. The predicted octanol–water partition coefficient (Wildman–Crippen LogP) is 5.42. The number of nitrogens with zero attached hydrogens (tertiary/aromatic N) is 3. The van der Waals surface area contributed by atoms with Gasteiger partial charge in [0.05, 0.1) is 21.9 Å². The summed E-state index contributed by atoms with van der Waals surface area (Å²) in [6.45, 7) is 4.21. The molecule has 2 aromatic carbocycles. The van der Waals surface area contributed by atoms with Crippen LogP contribution in [-0.2, 0) is 0 Å². The molecule has 0 bridgehead atoms. The van der Waals surface area contributed by atoms with Crippen molar-refractivity contribution in [1.82, 2.24) is 15.0 Å². The van der Waals surface area contributed by atoms with Crippen LogP contribution in [0.25, 0.3) is 21.9 Å². The highest BCUT2D eigenvalue weighted by molar-refractivity contribution is 6.33. The normalized spacial score (nSPS) is 14.4. The average Bonchev–Trinajstić information content (AvgIpc) is 3.33. The van der Waals surface area contributed by atoms with Gasteiger partial charge in [-0.25, -0.2) is 9.97 Å². The summed E-state index contributed by atoms with van der Waals surface area (Å²) in [5, 5.41) is 5.36. The van der Waals surface area contributed by atoms with Crippen molar-refractivity contribution >= 4 is 50.6 Å². The van der Waals surface area contributed by atoms with Gasteiger partial charge in [-0.05, 0) is 56.2 Å². The third-order valence-electron chi connectivity index (χ3n) is 5.18. The smallest absolute Gasteiger partial charge is 0.116 e. The lowest BCUT2D eigenvalue weighted by molar-refractivity contribution is 0.949. The molecule has 0 spiro atoms. The predicted molar refractivity (Wildman–Crippen MR) is 112 cm³/mol. The molecule has 0 unspecified atom stereocenters. The minimum absolute atomic E-state index is 0.781. The van der Waals surface area contributed by atoms with Crippen LogP contribution in [0.15, 0.2) is 42.7 Å². The molecular formula is C21H20ClN5. The molecule has 0 radical (unpaired) electrons. The third-order valence-corrected chi connectivity index (χ3v) is 5.48. The van der Waals surface area contributed by atoms with Crippen molar-refractivity contribution in [3.63, 3.8) is 0 Å². The first kappa shape index (κ1) is 16.4. The summed E-state index contributed by atoms with van der Waals surface area (Å²) < 4.78 is 0. The first-order chi connectivity index (χ1) is 13.2. The molecule has 6 heteroatoms. The number of nitrogens with one attached hydrogen (secondary N) is 2. The van der Waals surface area contributed by atoms with Crippen LogP contribution < -0.4 is 10.2 Å². The molecule has 1 fully saturated rings. The number of aromatic amines is 1. The van der Waals surface area contributed by atoms with E-state index in [1.54, 1.807) is 6.33 Å². The molecule has 1 saturated heterocycles. The molecule has 5 rings (SSSR count). The van der Waals surface area contributed by atoms with E-state index < -0.39 is 0 Å². The number of aryl methyl sites for hydroxylation is 1. The van der Waals surface area contributed by atoms with Gasteiger partial charge in [-0.1, -0.05) is 11.6 Å². The van der Waals surface area contributed by atoms with E-state index in [1.165, 1.54) is 12.8 Å². The molecule has 2 N–H and O–H groups in total. The van der Waals surface area contributed by atoms with E-state index in [2.05, 4.69) is 50.3 Å². The minimum Gasteiger partial charge on any atom is -0.370 e. The molecule has 1 aliphatic rings. The minimum atomic E-state index is 0.781. The Morgan fingerprint density at radius 2 is 1.93 bits per heavy atom. The molecular weight excluding hydrogens is 358 g/mol. The zero-order valence-corrected chi connectivity index (χ0v) is 15.8. The molecule has 136 valence electrons. The standard InChI is InChI=1S/C21H20ClN5/c1-13-10-18(20-16(25-13)5-6-17-21(20)24-12-23-17)26-14-4-7-19(15(22)11-14)27-8-2-3-9-27/h4-7,10-12,25-26H,2-3,8-9H2,1H3. The Morgan fingerprint density at radius 3 is 2.74 bits per heavy atom. The quantitative estimate of drug-likeness (QED) is 0.500. The summed E-state index contributed by atoms with van der Waals surface area (Å²) >= 11 is 6.59. The maximum atomic E-state index is 6.59. The number of hydrogen-bond donors (Lipinski definition) is 2.